The van der Waals surface area contributed by atoms with Gasteiger partial charge in [-0.05, 0) is 36.4 Å². The molecule has 0 atom stereocenters. The van der Waals surface area contributed by atoms with Crippen LogP contribution in [0.5, 0.6) is 5.75 Å². The fourth-order valence-electron chi connectivity index (χ4n) is 3.49. The number of halogens is 2. The summed E-state index contributed by atoms with van der Waals surface area (Å²) in [5, 5.41) is 4.40. The fourth-order valence-corrected chi connectivity index (χ4v) is 6.01. The maximum absolute atomic E-state index is 13.0. The quantitative estimate of drug-likeness (QED) is 0.525. The number of nitrogens with zero attached hydrogens (tertiary/aromatic N) is 3. The van der Waals surface area contributed by atoms with Crippen LogP contribution < -0.4 is 4.74 Å². The summed E-state index contributed by atoms with van der Waals surface area (Å²) in [5.41, 5.74) is 1.68. The highest BCUT2D eigenvalue weighted by Crippen LogP contribution is 2.32. The predicted molar refractivity (Wildman–Crippen MR) is 119 cm³/mol. The minimum atomic E-state index is -3.76. The third-order valence-corrected chi connectivity index (χ3v) is 8.03. The van der Waals surface area contributed by atoms with E-state index in [2.05, 4.69) is 10.1 Å². The third kappa shape index (κ3) is 4.73. The van der Waals surface area contributed by atoms with E-state index < -0.39 is 10.0 Å². The average molecular weight is 482 g/mol. The summed E-state index contributed by atoms with van der Waals surface area (Å²) in [6, 6.07) is 14.2. The Bertz CT molecular complexity index is 1140. The van der Waals surface area contributed by atoms with Gasteiger partial charge in [0.05, 0.1) is 23.7 Å². The number of ether oxygens (including phenoxy) is 1. The second kappa shape index (κ2) is 9.18. The van der Waals surface area contributed by atoms with Crippen LogP contribution in [0.4, 0.5) is 0 Å². The first-order valence-electron chi connectivity index (χ1n) is 9.65. The molecule has 1 aliphatic rings. The van der Waals surface area contributed by atoms with Crippen LogP contribution in [-0.4, -0.2) is 56.1 Å². The van der Waals surface area contributed by atoms with Crippen LogP contribution in [-0.2, 0) is 16.6 Å². The highest BCUT2D eigenvalue weighted by molar-refractivity contribution is 7.89. The number of rotatable bonds is 6. The molecule has 0 spiro atoms. The Morgan fingerprint density at radius 2 is 1.68 bits per heavy atom. The number of hydrogen-bond donors (Lipinski definition) is 0. The minimum absolute atomic E-state index is 0.0360. The number of sulfonamides is 1. The second-order valence-corrected chi connectivity index (χ2v) is 9.83. The summed E-state index contributed by atoms with van der Waals surface area (Å²) < 4.78 is 38.1. The maximum Gasteiger partial charge on any atom is 0.246 e. The molecular formula is C21H21Cl2N3O4S. The first-order valence-corrected chi connectivity index (χ1v) is 11.8. The molecular weight excluding hydrogens is 461 g/mol. The van der Waals surface area contributed by atoms with Gasteiger partial charge in [0, 0.05) is 37.8 Å². The standard InChI is InChI=1S/C21H21Cl2N3O4S/c1-29-16-7-5-15(6-8-16)20-13-17(30-24-20)14-25-9-11-26(12-10-25)31(27,28)21-18(22)3-2-4-19(21)23/h2-8,13H,9-12,14H2,1H3. The van der Waals surface area contributed by atoms with Crippen LogP contribution in [0.25, 0.3) is 11.3 Å². The summed E-state index contributed by atoms with van der Waals surface area (Å²) in [7, 11) is -2.14. The van der Waals surface area contributed by atoms with E-state index in [0.29, 0.717) is 32.7 Å². The maximum atomic E-state index is 13.0. The van der Waals surface area contributed by atoms with Gasteiger partial charge in [-0.3, -0.25) is 4.90 Å². The average Bonchev–Trinajstić information content (AvgIpc) is 3.22. The number of hydrogen-bond acceptors (Lipinski definition) is 6. The van der Waals surface area contributed by atoms with Crippen molar-refractivity contribution in [3.05, 3.63) is 64.3 Å². The van der Waals surface area contributed by atoms with Crippen LogP contribution in [0, 0.1) is 0 Å². The van der Waals surface area contributed by atoms with Gasteiger partial charge in [0.25, 0.3) is 0 Å². The molecule has 1 aromatic heterocycles. The minimum Gasteiger partial charge on any atom is -0.497 e. The van der Waals surface area contributed by atoms with Crippen molar-refractivity contribution in [1.82, 2.24) is 14.4 Å². The number of piperazine rings is 1. The lowest BCUT2D eigenvalue weighted by atomic mass is 10.1. The molecule has 1 saturated heterocycles. The van der Waals surface area contributed by atoms with E-state index in [4.69, 9.17) is 32.5 Å². The van der Waals surface area contributed by atoms with Crippen molar-refractivity contribution < 1.29 is 17.7 Å². The van der Waals surface area contributed by atoms with Crippen LogP contribution >= 0.6 is 23.2 Å². The van der Waals surface area contributed by atoms with Crippen molar-refractivity contribution in [1.29, 1.82) is 0 Å². The largest absolute Gasteiger partial charge is 0.497 e. The van der Waals surface area contributed by atoms with Crippen molar-refractivity contribution >= 4 is 33.2 Å². The molecule has 0 bridgehead atoms. The van der Waals surface area contributed by atoms with Gasteiger partial charge in [0.1, 0.15) is 16.3 Å². The van der Waals surface area contributed by atoms with Crippen LogP contribution in [0.2, 0.25) is 10.0 Å². The van der Waals surface area contributed by atoms with Gasteiger partial charge in [-0.1, -0.05) is 34.4 Å². The zero-order chi connectivity index (χ0) is 22.0. The highest BCUT2D eigenvalue weighted by atomic mass is 35.5. The van der Waals surface area contributed by atoms with Crippen molar-refractivity contribution in [2.24, 2.45) is 0 Å². The Balaban J connectivity index is 1.39. The monoisotopic (exact) mass is 481 g/mol. The van der Waals surface area contributed by atoms with Gasteiger partial charge < -0.3 is 9.26 Å². The van der Waals surface area contributed by atoms with Crippen LogP contribution in [0.3, 0.4) is 0 Å². The van der Waals surface area contributed by atoms with E-state index >= 15 is 0 Å². The molecule has 7 nitrogen and oxygen atoms in total. The molecule has 3 aromatic rings. The molecule has 0 unspecified atom stereocenters. The van der Waals surface area contributed by atoms with E-state index in [1.165, 1.54) is 16.4 Å². The molecule has 2 heterocycles. The topological polar surface area (TPSA) is 75.9 Å². The van der Waals surface area contributed by atoms with Gasteiger partial charge in [0.15, 0.2) is 5.76 Å². The molecule has 0 aliphatic carbocycles. The molecule has 0 radical (unpaired) electrons. The van der Waals surface area contributed by atoms with E-state index in [1.807, 2.05) is 30.3 Å². The van der Waals surface area contributed by atoms with Gasteiger partial charge in [-0.2, -0.15) is 4.31 Å². The number of benzene rings is 2. The Kier molecular flexibility index (Phi) is 6.55. The molecule has 164 valence electrons. The van der Waals surface area contributed by atoms with Crippen molar-refractivity contribution in [2.45, 2.75) is 11.4 Å². The number of aromatic nitrogens is 1. The van der Waals surface area contributed by atoms with E-state index in [9.17, 15) is 8.42 Å². The summed E-state index contributed by atoms with van der Waals surface area (Å²) in [6.45, 7) is 2.33. The SMILES string of the molecule is COc1ccc(-c2cc(CN3CCN(S(=O)(=O)c4c(Cl)cccc4Cl)CC3)on2)cc1. The summed E-state index contributed by atoms with van der Waals surface area (Å²) >= 11 is 12.2. The zero-order valence-electron chi connectivity index (χ0n) is 16.8. The smallest absolute Gasteiger partial charge is 0.246 e. The van der Waals surface area contributed by atoms with E-state index in [1.54, 1.807) is 13.2 Å². The van der Waals surface area contributed by atoms with Crippen LogP contribution in [0.1, 0.15) is 5.76 Å². The van der Waals surface area contributed by atoms with E-state index in [-0.39, 0.29) is 14.9 Å². The molecule has 0 saturated carbocycles. The first kappa shape index (κ1) is 22.1. The summed E-state index contributed by atoms with van der Waals surface area (Å²) in [4.78, 5) is 2.09. The Morgan fingerprint density at radius 1 is 1.03 bits per heavy atom. The Morgan fingerprint density at radius 3 is 2.29 bits per heavy atom. The molecule has 0 amide bonds. The van der Waals surface area contributed by atoms with Crippen LogP contribution in [0.15, 0.2) is 57.9 Å². The lowest BCUT2D eigenvalue weighted by molar-refractivity contribution is 0.166. The molecule has 0 N–H and O–H groups in total. The summed E-state index contributed by atoms with van der Waals surface area (Å²) in [6.07, 6.45) is 0. The van der Waals surface area contributed by atoms with Crippen molar-refractivity contribution in [3.63, 3.8) is 0 Å². The zero-order valence-corrected chi connectivity index (χ0v) is 19.1. The van der Waals surface area contributed by atoms with Gasteiger partial charge in [-0.25, -0.2) is 8.42 Å². The van der Waals surface area contributed by atoms with Gasteiger partial charge >= 0.3 is 0 Å². The van der Waals surface area contributed by atoms with Gasteiger partial charge in [0.2, 0.25) is 10.0 Å². The first-order chi connectivity index (χ1) is 14.9. The second-order valence-electron chi connectivity index (χ2n) is 7.14. The Hall–Kier alpha value is -2.10. The molecule has 10 heteroatoms. The fraction of sp³-hybridized carbons (Fsp3) is 0.286. The summed E-state index contributed by atoms with van der Waals surface area (Å²) in [5.74, 6) is 1.50. The molecule has 31 heavy (non-hydrogen) atoms. The van der Waals surface area contributed by atoms with Crippen molar-refractivity contribution in [3.8, 4) is 17.0 Å². The predicted octanol–water partition coefficient (Wildman–Crippen LogP) is 4.16. The van der Waals surface area contributed by atoms with Crippen molar-refractivity contribution in [2.75, 3.05) is 33.3 Å². The Labute approximate surface area is 191 Å². The number of methoxy groups -OCH3 is 1. The van der Waals surface area contributed by atoms with E-state index in [0.717, 1.165) is 22.8 Å². The molecule has 4 rings (SSSR count). The lowest BCUT2D eigenvalue weighted by Gasteiger charge is -2.33. The lowest BCUT2D eigenvalue weighted by Crippen LogP contribution is -2.48. The molecule has 1 aliphatic heterocycles. The normalized spacial score (nSPS) is 15.8. The highest BCUT2D eigenvalue weighted by Gasteiger charge is 2.32. The molecule has 1 fully saturated rings. The van der Waals surface area contributed by atoms with Gasteiger partial charge in [-0.15, -0.1) is 0 Å². The molecule has 2 aromatic carbocycles. The third-order valence-electron chi connectivity index (χ3n) is 5.17.